The van der Waals surface area contributed by atoms with Crippen LogP contribution in [0.1, 0.15) is 89.5 Å². The maximum atomic E-state index is 12.2. The first-order chi connectivity index (χ1) is 14.6. The van der Waals surface area contributed by atoms with E-state index in [0.717, 1.165) is 35.7 Å². The van der Waals surface area contributed by atoms with Gasteiger partial charge in [-0.1, -0.05) is 89.3 Å². The Balaban J connectivity index is 0.00000480. The fourth-order valence-corrected chi connectivity index (χ4v) is 3.94. The summed E-state index contributed by atoms with van der Waals surface area (Å²) in [5.41, 5.74) is 1.89. The molecule has 0 spiro atoms. The van der Waals surface area contributed by atoms with Crippen LogP contribution in [0.4, 0.5) is 0 Å². The number of benzene rings is 1. The number of carboxylic acid groups (broad SMARTS) is 1. The van der Waals surface area contributed by atoms with E-state index in [0.29, 0.717) is 6.42 Å². The second-order valence-corrected chi connectivity index (χ2v) is 8.31. The number of hydrogen-bond donors (Lipinski definition) is 3. The van der Waals surface area contributed by atoms with Crippen molar-refractivity contribution in [2.45, 2.75) is 96.4 Å². The predicted octanol–water partition coefficient (Wildman–Crippen LogP) is 5.60. The van der Waals surface area contributed by atoms with E-state index in [-0.39, 0.29) is 63.7 Å². The number of carboxylic acids is 1. The minimum Gasteiger partial charge on any atom is -0.480 e. The van der Waals surface area contributed by atoms with E-state index in [1.807, 2.05) is 30.5 Å². The summed E-state index contributed by atoms with van der Waals surface area (Å²) in [7, 11) is 0. The summed E-state index contributed by atoms with van der Waals surface area (Å²) in [6, 6.07) is 6.89. The number of para-hydroxylation sites is 1. The number of carbonyl (C=O) groups is 2. The summed E-state index contributed by atoms with van der Waals surface area (Å²) in [6.07, 6.45) is 16.1. The zero-order chi connectivity index (χ0) is 21.6. The molecule has 1 aromatic heterocycles. The van der Waals surface area contributed by atoms with Gasteiger partial charge in [0, 0.05) is 81.3 Å². The molecule has 1 atom stereocenters. The number of aliphatic carboxylic acids is 1. The maximum Gasteiger partial charge on any atom is 0.326 e. The van der Waals surface area contributed by atoms with Crippen molar-refractivity contribution in [1.29, 1.82) is 0 Å². The Morgan fingerprint density at radius 1 is 0.935 bits per heavy atom. The number of fused-ring (bicyclic) bond motifs is 1. The van der Waals surface area contributed by atoms with Crippen LogP contribution in [0.5, 0.6) is 0 Å². The van der Waals surface area contributed by atoms with Gasteiger partial charge in [0.15, 0.2) is 0 Å². The van der Waals surface area contributed by atoms with Crippen LogP contribution in [0.15, 0.2) is 30.5 Å². The van der Waals surface area contributed by atoms with Crippen molar-refractivity contribution in [3.63, 3.8) is 0 Å². The summed E-state index contributed by atoms with van der Waals surface area (Å²) < 4.78 is 0. The van der Waals surface area contributed by atoms with Gasteiger partial charge in [-0.05, 0) is 18.1 Å². The van der Waals surface area contributed by atoms with E-state index in [1.54, 1.807) is 0 Å². The fourth-order valence-electron chi connectivity index (χ4n) is 3.94. The summed E-state index contributed by atoms with van der Waals surface area (Å²) in [6.45, 7) is 2.24. The topological polar surface area (TPSA) is 82.2 Å². The number of carbonyl (C=O) groups excluding carboxylic acids is 1. The van der Waals surface area contributed by atoms with Crippen molar-refractivity contribution in [1.82, 2.24) is 10.3 Å². The van der Waals surface area contributed by atoms with Crippen LogP contribution in [0.3, 0.4) is 0 Å². The Hall–Kier alpha value is -0.664. The molecule has 167 valence electrons. The molecule has 3 N–H and O–H groups in total. The van der Waals surface area contributed by atoms with Gasteiger partial charge in [0.25, 0.3) is 0 Å². The third-order valence-electron chi connectivity index (χ3n) is 5.74. The van der Waals surface area contributed by atoms with Crippen LogP contribution >= 0.6 is 0 Å². The molecule has 0 unspecified atom stereocenters. The van der Waals surface area contributed by atoms with Gasteiger partial charge >= 0.3 is 5.97 Å². The monoisotopic (exact) mass is 453 g/mol. The molecule has 0 bridgehead atoms. The molecule has 0 aliphatic carbocycles. The van der Waals surface area contributed by atoms with Crippen molar-refractivity contribution < 1.29 is 14.7 Å². The van der Waals surface area contributed by atoms with Gasteiger partial charge in [-0.15, -0.1) is 0 Å². The molecule has 0 aliphatic heterocycles. The van der Waals surface area contributed by atoms with E-state index in [2.05, 4.69) is 17.2 Å². The minimum absolute atomic E-state index is 0. The molecule has 1 amide bonds. The number of aromatic amines is 1. The molecule has 31 heavy (non-hydrogen) atoms. The van der Waals surface area contributed by atoms with E-state index in [1.165, 1.54) is 51.4 Å². The average Bonchev–Trinajstić information content (AvgIpc) is 3.14. The molecule has 0 fully saturated rings. The van der Waals surface area contributed by atoms with Gasteiger partial charge in [-0.2, -0.15) is 0 Å². The number of nitrogens with one attached hydrogen (secondary N) is 2. The second kappa shape index (κ2) is 16.9. The summed E-state index contributed by atoms with van der Waals surface area (Å²) in [5.74, 6) is -1.16. The van der Waals surface area contributed by atoms with Crippen molar-refractivity contribution in [2.75, 3.05) is 0 Å². The first-order valence-electron chi connectivity index (χ1n) is 11.7. The Morgan fingerprint density at radius 3 is 2.13 bits per heavy atom. The number of amides is 1. The summed E-state index contributed by atoms with van der Waals surface area (Å²) in [5, 5.41) is 13.2. The third-order valence-corrected chi connectivity index (χ3v) is 5.74. The first-order valence-corrected chi connectivity index (χ1v) is 11.7. The van der Waals surface area contributed by atoms with Crippen LogP contribution in [0.25, 0.3) is 10.9 Å². The van der Waals surface area contributed by atoms with Crippen LogP contribution in [0, 0.1) is 0 Å². The number of hydrogen-bond acceptors (Lipinski definition) is 2. The number of aromatic nitrogens is 1. The molecule has 0 saturated carbocycles. The normalized spacial score (nSPS) is 11.8. The molecule has 5 nitrogen and oxygen atoms in total. The van der Waals surface area contributed by atoms with Crippen molar-refractivity contribution in [3.05, 3.63) is 36.0 Å². The van der Waals surface area contributed by atoms with Gasteiger partial charge in [0.05, 0.1) is 0 Å². The van der Waals surface area contributed by atoms with Crippen LogP contribution in [0.2, 0.25) is 0 Å². The zero-order valence-corrected chi connectivity index (χ0v) is 22.5. The molecular formula is C25H38KN2O3. The third kappa shape index (κ3) is 11.2. The Morgan fingerprint density at radius 2 is 1.52 bits per heavy atom. The molecule has 0 saturated heterocycles. The van der Waals surface area contributed by atoms with Gasteiger partial charge < -0.3 is 15.4 Å². The SMILES string of the molecule is CCCCCCCCCCCCCC(=O)N[C@H](Cc1c[nH]c2ccccc12)C(=O)O.[K]. The van der Waals surface area contributed by atoms with E-state index < -0.39 is 12.0 Å². The maximum absolute atomic E-state index is 12.2. The van der Waals surface area contributed by atoms with Gasteiger partial charge in [-0.25, -0.2) is 4.79 Å². The van der Waals surface area contributed by atoms with E-state index in [9.17, 15) is 14.7 Å². The Bertz CT molecular complexity index is 775. The molecule has 2 aromatic rings. The first kappa shape index (κ1) is 28.4. The predicted molar refractivity (Wildman–Crippen MR) is 128 cm³/mol. The van der Waals surface area contributed by atoms with Gasteiger partial charge in [0.1, 0.15) is 6.04 Å². The Labute approximate surface area is 229 Å². The molecule has 0 aliphatic rings. The summed E-state index contributed by atoms with van der Waals surface area (Å²) >= 11 is 0. The average molecular weight is 454 g/mol. The summed E-state index contributed by atoms with van der Waals surface area (Å²) in [4.78, 5) is 27.0. The number of unbranched alkanes of at least 4 members (excludes halogenated alkanes) is 10. The van der Waals surface area contributed by atoms with E-state index >= 15 is 0 Å². The molecule has 1 heterocycles. The van der Waals surface area contributed by atoms with Gasteiger partial charge in [0.2, 0.25) is 5.91 Å². The smallest absolute Gasteiger partial charge is 0.326 e. The van der Waals surface area contributed by atoms with Gasteiger partial charge in [-0.3, -0.25) is 4.79 Å². The van der Waals surface area contributed by atoms with Crippen molar-refractivity contribution in [2.24, 2.45) is 0 Å². The molecule has 6 heteroatoms. The zero-order valence-electron chi connectivity index (χ0n) is 19.4. The standard InChI is InChI=1S/C25H38N2O3.K/c1-2-3-4-5-6-7-8-9-10-11-12-17-24(28)27-23(25(29)30)18-20-19-26-22-16-14-13-15-21(20)22;/h13-16,19,23,26H,2-12,17-18H2,1H3,(H,27,28)(H,29,30);/t23-;/m1./s1. The molecule has 2 rings (SSSR count). The van der Waals surface area contributed by atoms with E-state index in [4.69, 9.17) is 0 Å². The van der Waals surface area contributed by atoms with Crippen molar-refractivity contribution >= 4 is 74.2 Å². The van der Waals surface area contributed by atoms with Crippen LogP contribution < -0.4 is 5.32 Å². The number of rotatable bonds is 16. The van der Waals surface area contributed by atoms with Crippen molar-refractivity contribution in [3.8, 4) is 0 Å². The number of H-pyrrole nitrogens is 1. The van der Waals surface area contributed by atoms with Crippen LogP contribution in [-0.2, 0) is 16.0 Å². The second-order valence-electron chi connectivity index (χ2n) is 8.31. The fraction of sp³-hybridized carbons (Fsp3) is 0.600. The molecule has 1 radical (unpaired) electrons. The molecule has 1 aromatic carbocycles. The largest absolute Gasteiger partial charge is 0.480 e. The quantitative estimate of drug-likeness (QED) is 0.228. The molecular weight excluding hydrogens is 415 g/mol. The minimum atomic E-state index is -0.993. The van der Waals surface area contributed by atoms with Crippen LogP contribution in [-0.4, -0.2) is 79.4 Å². The Kier molecular flexibility index (Phi) is 15.5.